The summed E-state index contributed by atoms with van der Waals surface area (Å²) in [4.78, 5) is 20.0. The average Bonchev–Trinajstić information content (AvgIpc) is 3.13. The molecule has 1 aliphatic carbocycles. The molecule has 2 aliphatic heterocycles. The molecule has 150 valence electrons. The second kappa shape index (κ2) is 7.24. The Morgan fingerprint density at radius 3 is 2.93 bits per heavy atom. The summed E-state index contributed by atoms with van der Waals surface area (Å²) in [6, 6.07) is 0. The number of hydrogen-bond donors (Lipinski definition) is 2. The van der Waals surface area contributed by atoms with Crippen molar-refractivity contribution < 1.29 is 5.11 Å². The Morgan fingerprint density at radius 1 is 1.25 bits per heavy atom. The third-order valence-corrected chi connectivity index (χ3v) is 7.09. The van der Waals surface area contributed by atoms with Gasteiger partial charge in [0.05, 0.1) is 11.9 Å². The van der Waals surface area contributed by atoms with Crippen molar-refractivity contribution in [1.29, 1.82) is 0 Å². The molecular weight excluding hydrogens is 372 g/mol. The fourth-order valence-electron chi connectivity index (χ4n) is 4.57. The number of thiazole rings is 1. The molecule has 1 saturated carbocycles. The normalized spacial score (nSPS) is 26.3. The summed E-state index contributed by atoms with van der Waals surface area (Å²) in [6.45, 7) is 7.10. The van der Waals surface area contributed by atoms with E-state index in [2.05, 4.69) is 25.1 Å². The van der Waals surface area contributed by atoms with Gasteiger partial charge in [-0.25, -0.2) is 9.97 Å². The van der Waals surface area contributed by atoms with Gasteiger partial charge < -0.3 is 15.3 Å². The number of hydrogen-bond acceptors (Lipinski definition) is 8. The third kappa shape index (κ3) is 3.86. The van der Waals surface area contributed by atoms with Crippen LogP contribution in [0.2, 0.25) is 0 Å². The smallest absolute Gasteiger partial charge is 0.184 e. The number of likely N-dealkylation sites (tertiary alicyclic amines) is 1. The summed E-state index contributed by atoms with van der Waals surface area (Å²) >= 11 is 1.63. The molecule has 2 atom stereocenters. The van der Waals surface area contributed by atoms with Crippen LogP contribution >= 0.6 is 11.3 Å². The topological polar surface area (TPSA) is 77.4 Å². The first kappa shape index (κ1) is 18.3. The average molecular weight is 401 g/mol. The first-order chi connectivity index (χ1) is 13.6. The number of aromatic nitrogens is 3. The van der Waals surface area contributed by atoms with Crippen molar-refractivity contribution in [3.05, 3.63) is 29.2 Å². The van der Waals surface area contributed by atoms with Crippen LogP contribution in [0.4, 0.5) is 10.9 Å². The molecule has 2 saturated heterocycles. The van der Waals surface area contributed by atoms with E-state index >= 15 is 0 Å². The van der Waals surface area contributed by atoms with Gasteiger partial charge in [0.25, 0.3) is 0 Å². The molecule has 3 fully saturated rings. The van der Waals surface area contributed by atoms with Crippen LogP contribution in [0, 0.1) is 5.41 Å². The largest absolute Gasteiger partial charge is 0.374 e. The molecule has 1 spiro atoms. The second-order valence-corrected chi connectivity index (χ2v) is 9.78. The van der Waals surface area contributed by atoms with Crippen LogP contribution in [-0.2, 0) is 6.54 Å². The standard InChI is InChI=1S/C20H28N6OS/c1-14(27)23-19-22-8-16(28-19)11-25-6-4-20(12-25)5-7-26(13-20)18-10-21-9-17(24-18)15-2-3-15/h8-10,14-15,27H,2-7,11-13H2,1H3,(H,22,23). The molecule has 7 nitrogen and oxygen atoms in total. The van der Waals surface area contributed by atoms with Crippen molar-refractivity contribution in [2.45, 2.75) is 51.3 Å². The molecule has 0 aromatic carbocycles. The Labute approximate surface area is 169 Å². The summed E-state index contributed by atoms with van der Waals surface area (Å²) in [5.74, 6) is 1.72. The van der Waals surface area contributed by atoms with E-state index in [1.165, 1.54) is 36.3 Å². The van der Waals surface area contributed by atoms with Crippen LogP contribution < -0.4 is 10.2 Å². The highest BCUT2D eigenvalue weighted by Gasteiger charge is 2.44. The first-order valence-electron chi connectivity index (χ1n) is 10.3. The predicted octanol–water partition coefficient (Wildman–Crippen LogP) is 2.66. The van der Waals surface area contributed by atoms with E-state index in [1.807, 2.05) is 18.6 Å². The number of nitrogens with zero attached hydrogens (tertiary/aromatic N) is 5. The molecule has 2 unspecified atom stereocenters. The van der Waals surface area contributed by atoms with Crippen molar-refractivity contribution >= 4 is 22.3 Å². The van der Waals surface area contributed by atoms with Gasteiger partial charge in [-0.05, 0) is 39.2 Å². The Morgan fingerprint density at radius 2 is 2.11 bits per heavy atom. The van der Waals surface area contributed by atoms with Gasteiger partial charge in [-0.15, -0.1) is 11.3 Å². The highest BCUT2D eigenvalue weighted by Crippen LogP contribution is 2.42. The lowest BCUT2D eigenvalue weighted by molar-refractivity contribution is 0.224. The maximum absolute atomic E-state index is 9.44. The molecule has 0 amide bonds. The van der Waals surface area contributed by atoms with E-state index in [0.717, 1.165) is 43.7 Å². The highest BCUT2D eigenvalue weighted by molar-refractivity contribution is 7.15. The molecule has 8 heteroatoms. The zero-order valence-corrected chi connectivity index (χ0v) is 17.2. The van der Waals surface area contributed by atoms with Crippen molar-refractivity contribution in [3.8, 4) is 0 Å². The van der Waals surface area contributed by atoms with Crippen molar-refractivity contribution in [1.82, 2.24) is 19.9 Å². The quantitative estimate of drug-likeness (QED) is 0.722. The second-order valence-electron chi connectivity index (χ2n) is 8.66. The first-order valence-corrected chi connectivity index (χ1v) is 11.1. The minimum Gasteiger partial charge on any atom is -0.374 e. The lowest BCUT2D eigenvalue weighted by atomic mass is 9.86. The van der Waals surface area contributed by atoms with E-state index in [4.69, 9.17) is 4.98 Å². The molecule has 5 rings (SSSR count). The molecule has 4 heterocycles. The summed E-state index contributed by atoms with van der Waals surface area (Å²) in [7, 11) is 0. The van der Waals surface area contributed by atoms with Gasteiger partial charge in [0.2, 0.25) is 0 Å². The van der Waals surface area contributed by atoms with Crippen LogP contribution in [0.1, 0.15) is 49.1 Å². The molecular formula is C20H28N6OS. The molecule has 28 heavy (non-hydrogen) atoms. The molecule has 2 aromatic heterocycles. The Balaban J connectivity index is 1.20. The summed E-state index contributed by atoms with van der Waals surface area (Å²) in [6.07, 6.45) is 10.3. The van der Waals surface area contributed by atoms with Gasteiger partial charge in [-0.3, -0.25) is 9.88 Å². The number of nitrogens with one attached hydrogen (secondary N) is 1. The Kier molecular flexibility index (Phi) is 4.72. The van der Waals surface area contributed by atoms with Crippen molar-refractivity contribution in [3.63, 3.8) is 0 Å². The minimum absolute atomic E-state index is 0.378. The van der Waals surface area contributed by atoms with E-state index < -0.39 is 6.23 Å². The predicted molar refractivity (Wildman–Crippen MR) is 111 cm³/mol. The monoisotopic (exact) mass is 400 g/mol. The minimum atomic E-state index is -0.569. The molecule has 2 aromatic rings. The Hall–Kier alpha value is -1.77. The molecule has 2 N–H and O–H groups in total. The summed E-state index contributed by atoms with van der Waals surface area (Å²) in [5.41, 5.74) is 1.56. The van der Waals surface area contributed by atoms with Crippen LogP contribution in [0.15, 0.2) is 18.6 Å². The number of aliphatic hydroxyl groups excluding tert-OH is 1. The fraction of sp³-hybridized carbons (Fsp3) is 0.650. The zero-order valence-electron chi connectivity index (χ0n) is 16.3. The van der Waals surface area contributed by atoms with Gasteiger partial charge in [0, 0.05) is 54.8 Å². The third-order valence-electron chi connectivity index (χ3n) is 6.18. The summed E-state index contributed by atoms with van der Waals surface area (Å²) < 4.78 is 0. The van der Waals surface area contributed by atoms with E-state index in [0.29, 0.717) is 11.3 Å². The van der Waals surface area contributed by atoms with Gasteiger partial charge >= 0.3 is 0 Å². The number of rotatable bonds is 6. The van der Waals surface area contributed by atoms with Crippen molar-refractivity contribution in [2.24, 2.45) is 5.41 Å². The number of anilines is 2. The van der Waals surface area contributed by atoms with E-state index in [1.54, 1.807) is 18.3 Å². The molecule has 0 bridgehead atoms. The van der Waals surface area contributed by atoms with Crippen molar-refractivity contribution in [2.75, 3.05) is 36.4 Å². The lowest BCUT2D eigenvalue weighted by Gasteiger charge is -2.25. The molecule has 3 aliphatic rings. The van der Waals surface area contributed by atoms with E-state index in [-0.39, 0.29) is 0 Å². The van der Waals surface area contributed by atoms with E-state index in [9.17, 15) is 5.11 Å². The molecule has 0 radical (unpaired) electrons. The van der Waals surface area contributed by atoms with Gasteiger partial charge in [-0.1, -0.05) is 0 Å². The van der Waals surface area contributed by atoms with Crippen LogP contribution in [-0.4, -0.2) is 57.4 Å². The summed E-state index contributed by atoms with van der Waals surface area (Å²) in [5, 5.41) is 13.2. The van der Waals surface area contributed by atoms with Crippen LogP contribution in [0.25, 0.3) is 0 Å². The van der Waals surface area contributed by atoms with Gasteiger partial charge in [0.15, 0.2) is 5.13 Å². The van der Waals surface area contributed by atoms with Gasteiger partial charge in [-0.2, -0.15) is 0 Å². The van der Waals surface area contributed by atoms with Crippen LogP contribution in [0.3, 0.4) is 0 Å². The number of aliphatic hydroxyl groups is 1. The highest BCUT2D eigenvalue weighted by atomic mass is 32.1. The SMILES string of the molecule is CC(O)Nc1ncc(CN2CCC3(CCN(c4cncc(C5CC5)n4)C3)C2)s1. The maximum Gasteiger partial charge on any atom is 0.184 e. The Bertz CT molecular complexity index is 838. The fourth-order valence-corrected chi connectivity index (χ4v) is 5.51. The maximum atomic E-state index is 9.44. The zero-order chi connectivity index (χ0) is 19.1. The van der Waals surface area contributed by atoms with Crippen LogP contribution in [0.5, 0.6) is 0 Å². The lowest BCUT2D eigenvalue weighted by Crippen LogP contribution is -2.31. The van der Waals surface area contributed by atoms with Gasteiger partial charge in [0.1, 0.15) is 12.0 Å².